The molecule has 0 aromatic rings. The molecule has 0 bridgehead atoms. The zero-order valence-electron chi connectivity index (χ0n) is 14.3. The highest BCUT2D eigenvalue weighted by atomic mass is 16.2. The Balaban J connectivity index is 2.72. The quantitative estimate of drug-likeness (QED) is 0.778. The normalized spacial score (nSPS) is 25.3. The lowest BCUT2D eigenvalue weighted by Crippen LogP contribution is -2.45. The van der Waals surface area contributed by atoms with Crippen LogP contribution in [0.2, 0.25) is 0 Å². The number of nitrogens with zero attached hydrogens (tertiary/aromatic N) is 2. The first-order valence-corrected chi connectivity index (χ1v) is 8.06. The molecule has 4 nitrogen and oxygen atoms in total. The molecule has 4 heteroatoms. The van der Waals surface area contributed by atoms with Crippen LogP contribution in [0, 0.1) is 11.8 Å². The van der Waals surface area contributed by atoms with Gasteiger partial charge in [0.05, 0.1) is 12.2 Å². The average molecular weight is 283 g/mol. The van der Waals surface area contributed by atoms with E-state index in [4.69, 9.17) is 0 Å². The van der Waals surface area contributed by atoms with E-state index in [2.05, 4.69) is 63.7 Å². The Labute approximate surface area is 124 Å². The minimum atomic E-state index is -0.00300. The van der Waals surface area contributed by atoms with Gasteiger partial charge < -0.3 is 9.80 Å². The zero-order valence-corrected chi connectivity index (χ0v) is 14.3. The second kappa shape index (κ2) is 7.41. The molecule has 20 heavy (non-hydrogen) atoms. The monoisotopic (exact) mass is 283 g/mol. The molecular formula is C16H33N3O. The highest BCUT2D eigenvalue weighted by Gasteiger charge is 2.41. The van der Waals surface area contributed by atoms with Crippen LogP contribution in [0.5, 0.6) is 0 Å². The van der Waals surface area contributed by atoms with Gasteiger partial charge in [0.25, 0.3) is 0 Å². The van der Waals surface area contributed by atoms with Crippen LogP contribution >= 0.6 is 0 Å². The van der Waals surface area contributed by atoms with Gasteiger partial charge in [0.2, 0.25) is 5.91 Å². The number of carbonyl (C=O) groups excluding carboxylic acids is 1. The van der Waals surface area contributed by atoms with E-state index < -0.39 is 0 Å². The van der Waals surface area contributed by atoms with E-state index in [1.54, 1.807) is 0 Å². The number of likely N-dealkylation sites (N-methyl/N-ethyl adjacent to an activating group) is 1. The Hall–Kier alpha value is -0.610. The summed E-state index contributed by atoms with van der Waals surface area (Å²) in [6.07, 6.45) is 1.22. The van der Waals surface area contributed by atoms with Crippen LogP contribution in [0.1, 0.15) is 48.0 Å². The van der Waals surface area contributed by atoms with Crippen molar-refractivity contribution in [2.75, 3.05) is 20.1 Å². The van der Waals surface area contributed by atoms with Crippen LogP contribution in [0.25, 0.3) is 0 Å². The molecule has 0 saturated carbocycles. The molecule has 0 spiro atoms. The maximum atomic E-state index is 12.6. The zero-order chi connectivity index (χ0) is 15.4. The summed E-state index contributed by atoms with van der Waals surface area (Å²) in [7, 11) is 2.12. The van der Waals surface area contributed by atoms with E-state index in [9.17, 15) is 4.79 Å². The molecule has 0 aliphatic carbocycles. The Morgan fingerprint density at radius 1 is 1.25 bits per heavy atom. The lowest BCUT2D eigenvalue weighted by molar-refractivity contribution is -0.131. The van der Waals surface area contributed by atoms with Crippen molar-refractivity contribution in [1.29, 1.82) is 0 Å². The molecule has 118 valence electrons. The Morgan fingerprint density at radius 3 is 2.30 bits per heavy atom. The third-order valence-electron chi connectivity index (χ3n) is 4.65. The van der Waals surface area contributed by atoms with Gasteiger partial charge in [0.15, 0.2) is 0 Å². The largest absolute Gasteiger partial charge is 0.324 e. The summed E-state index contributed by atoms with van der Waals surface area (Å²) < 4.78 is 0. The average Bonchev–Trinajstić information content (AvgIpc) is 2.72. The molecule has 0 radical (unpaired) electrons. The maximum absolute atomic E-state index is 12.6. The fourth-order valence-corrected chi connectivity index (χ4v) is 2.63. The number of rotatable bonds is 7. The van der Waals surface area contributed by atoms with Gasteiger partial charge in [-0.05, 0) is 32.7 Å². The van der Waals surface area contributed by atoms with Gasteiger partial charge in [-0.3, -0.25) is 10.1 Å². The number of hydrogen-bond acceptors (Lipinski definition) is 3. The molecule has 1 heterocycles. The number of hydrogen-bond donors (Lipinski definition) is 1. The molecule has 3 unspecified atom stereocenters. The lowest BCUT2D eigenvalue weighted by Gasteiger charge is -2.30. The van der Waals surface area contributed by atoms with E-state index in [1.807, 2.05) is 0 Å². The van der Waals surface area contributed by atoms with Gasteiger partial charge in [-0.15, -0.1) is 0 Å². The fourth-order valence-electron chi connectivity index (χ4n) is 2.63. The van der Waals surface area contributed by atoms with E-state index in [0.717, 1.165) is 19.5 Å². The maximum Gasteiger partial charge on any atom is 0.241 e. The first-order chi connectivity index (χ1) is 9.29. The molecule has 1 rings (SSSR count). The smallest absolute Gasteiger partial charge is 0.241 e. The Bertz CT molecular complexity index is 317. The standard InChI is InChI=1S/C16H33N3O/c1-8-13(6)14-16(20)19(15(17-14)11(2)3)10-9-18(7)12(4)5/h11-15,17H,8-10H2,1-7H3. The van der Waals surface area contributed by atoms with Gasteiger partial charge in [0, 0.05) is 19.1 Å². The molecule has 1 fully saturated rings. The Kier molecular flexibility index (Phi) is 6.46. The molecule has 0 aromatic carbocycles. The van der Waals surface area contributed by atoms with E-state index in [1.165, 1.54) is 0 Å². The van der Waals surface area contributed by atoms with Crippen molar-refractivity contribution in [3.63, 3.8) is 0 Å². The SMILES string of the molecule is CCC(C)C1NC(C(C)C)N(CCN(C)C(C)C)C1=O. The van der Waals surface area contributed by atoms with Crippen LogP contribution in [0.4, 0.5) is 0 Å². The third kappa shape index (κ3) is 3.95. The molecule has 1 saturated heterocycles. The topological polar surface area (TPSA) is 35.6 Å². The highest BCUT2D eigenvalue weighted by molar-refractivity contribution is 5.84. The Morgan fingerprint density at radius 2 is 1.85 bits per heavy atom. The van der Waals surface area contributed by atoms with E-state index in [-0.39, 0.29) is 18.1 Å². The fraction of sp³-hybridized carbons (Fsp3) is 0.938. The predicted molar refractivity (Wildman–Crippen MR) is 84.5 cm³/mol. The van der Waals surface area contributed by atoms with Crippen LogP contribution < -0.4 is 5.32 Å². The van der Waals surface area contributed by atoms with Crippen LogP contribution in [0.15, 0.2) is 0 Å². The summed E-state index contributed by atoms with van der Waals surface area (Å²) in [4.78, 5) is 17.0. The van der Waals surface area contributed by atoms with Gasteiger partial charge in [-0.25, -0.2) is 0 Å². The summed E-state index contributed by atoms with van der Waals surface area (Å²) in [5, 5.41) is 3.55. The van der Waals surface area contributed by atoms with Crippen molar-refractivity contribution in [1.82, 2.24) is 15.1 Å². The second-order valence-corrected chi connectivity index (χ2v) is 6.82. The third-order valence-corrected chi connectivity index (χ3v) is 4.65. The summed E-state index contributed by atoms with van der Waals surface area (Å²) >= 11 is 0. The van der Waals surface area contributed by atoms with Crippen molar-refractivity contribution in [2.45, 2.75) is 66.2 Å². The summed E-state index contributed by atoms with van der Waals surface area (Å²) in [6.45, 7) is 14.8. The number of amides is 1. The molecule has 3 atom stereocenters. The van der Waals surface area contributed by atoms with Gasteiger partial charge in [0.1, 0.15) is 0 Å². The van der Waals surface area contributed by atoms with Gasteiger partial charge in [-0.1, -0.05) is 34.1 Å². The van der Waals surface area contributed by atoms with E-state index >= 15 is 0 Å². The van der Waals surface area contributed by atoms with Crippen LogP contribution in [0.3, 0.4) is 0 Å². The van der Waals surface area contributed by atoms with E-state index in [0.29, 0.717) is 17.9 Å². The lowest BCUT2D eigenvalue weighted by atomic mass is 9.99. The molecule has 1 amide bonds. The first kappa shape index (κ1) is 17.4. The number of nitrogens with one attached hydrogen (secondary N) is 1. The second-order valence-electron chi connectivity index (χ2n) is 6.82. The van der Waals surface area contributed by atoms with Crippen molar-refractivity contribution in [3.05, 3.63) is 0 Å². The predicted octanol–water partition coefficient (Wildman–Crippen LogP) is 2.16. The summed E-state index contributed by atoms with van der Waals surface area (Å²) in [6, 6.07) is 0.514. The van der Waals surface area contributed by atoms with Crippen molar-refractivity contribution in [2.24, 2.45) is 11.8 Å². The van der Waals surface area contributed by atoms with Crippen molar-refractivity contribution in [3.8, 4) is 0 Å². The van der Waals surface area contributed by atoms with Crippen LogP contribution in [-0.2, 0) is 4.79 Å². The minimum Gasteiger partial charge on any atom is -0.324 e. The van der Waals surface area contributed by atoms with Crippen molar-refractivity contribution >= 4 is 5.91 Å². The summed E-state index contributed by atoms with van der Waals surface area (Å²) in [5.41, 5.74) is 0. The van der Waals surface area contributed by atoms with Crippen LogP contribution in [-0.4, -0.2) is 54.1 Å². The molecule has 1 N–H and O–H groups in total. The molecule has 1 aliphatic rings. The first-order valence-electron chi connectivity index (χ1n) is 8.06. The molecule has 1 aliphatic heterocycles. The number of carbonyl (C=O) groups is 1. The highest BCUT2D eigenvalue weighted by Crippen LogP contribution is 2.23. The minimum absolute atomic E-state index is 0.00300. The molecule has 0 aromatic heterocycles. The van der Waals surface area contributed by atoms with Gasteiger partial charge in [-0.2, -0.15) is 0 Å². The molecular weight excluding hydrogens is 250 g/mol. The summed E-state index contributed by atoms with van der Waals surface area (Å²) in [5.74, 6) is 1.13. The van der Waals surface area contributed by atoms with Crippen molar-refractivity contribution < 1.29 is 4.79 Å². The van der Waals surface area contributed by atoms with Gasteiger partial charge >= 0.3 is 0 Å².